The molecule has 2 rings (SSSR count). The van der Waals surface area contributed by atoms with Crippen molar-refractivity contribution >= 4 is 23.4 Å². The number of pyridine rings is 1. The lowest BCUT2D eigenvalue weighted by Gasteiger charge is -2.07. The molecule has 5 nitrogen and oxygen atoms in total. The Morgan fingerprint density at radius 3 is 2.44 bits per heavy atom. The number of nitrogens with zero attached hydrogens (tertiary/aromatic N) is 1. The van der Waals surface area contributed by atoms with E-state index in [9.17, 15) is 9.59 Å². The number of carbonyl (C=O) groups is 2. The van der Waals surface area contributed by atoms with Gasteiger partial charge in [-0.05, 0) is 36.8 Å². The molecule has 0 atom stereocenters. The molecular weight excluding hydrogens is 338 g/mol. The summed E-state index contributed by atoms with van der Waals surface area (Å²) in [5.74, 6) is 5.12. The minimum Gasteiger partial charge on any atom is -0.267 e. The van der Waals surface area contributed by atoms with Gasteiger partial charge in [0, 0.05) is 35.0 Å². The predicted molar refractivity (Wildman–Crippen MR) is 97.0 cm³/mol. The van der Waals surface area contributed by atoms with Crippen LogP contribution in [0.1, 0.15) is 52.5 Å². The van der Waals surface area contributed by atoms with Crippen LogP contribution in [0.5, 0.6) is 0 Å². The van der Waals surface area contributed by atoms with Gasteiger partial charge >= 0.3 is 0 Å². The van der Waals surface area contributed by atoms with Crippen LogP contribution < -0.4 is 10.9 Å². The van der Waals surface area contributed by atoms with Crippen LogP contribution in [0, 0.1) is 11.8 Å². The number of hydrazine groups is 1. The molecule has 0 aliphatic carbocycles. The van der Waals surface area contributed by atoms with Crippen LogP contribution in [0.4, 0.5) is 0 Å². The number of aromatic nitrogens is 1. The number of halogens is 1. The summed E-state index contributed by atoms with van der Waals surface area (Å²) in [6, 6.07) is 7.97. The second kappa shape index (κ2) is 9.45. The minimum absolute atomic E-state index is 0.318. The lowest BCUT2D eigenvalue weighted by molar-refractivity contribution is 0.0846. The standard InChI is InChI=1S/C19H18ClN3O2/c1-2-3-4-5-6-14-11-16(13-21-12-14)19(25)23-22-18(24)15-7-9-17(20)10-8-15/h7-13H,2-4H2,1H3,(H,22,24)(H,23,25). The quantitative estimate of drug-likeness (QED) is 0.502. The number of hydrogen-bond donors (Lipinski definition) is 2. The summed E-state index contributed by atoms with van der Waals surface area (Å²) < 4.78 is 0. The average Bonchev–Trinajstić information content (AvgIpc) is 2.64. The van der Waals surface area contributed by atoms with Crippen LogP contribution in [0.25, 0.3) is 0 Å². The van der Waals surface area contributed by atoms with Crippen molar-refractivity contribution in [3.8, 4) is 11.8 Å². The number of hydrogen-bond acceptors (Lipinski definition) is 3. The summed E-state index contributed by atoms with van der Waals surface area (Å²) in [6.45, 7) is 2.10. The van der Waals surface area contributed by atoms with Gasteiger partial charge in [0.1, 0.15) is 0 Å². The fraction of sp³-hybridized carbons (Fsp3) is 0.211. The minimum atomic E-state index is -0.466. The van der Waals surface area contributed by atoms with Crippen molar-refractivity contribution in [2.24, 2.45) is 0 Å². The predicted octanol–water partition coefficient (Wildman–Crippen LogP) is 3.35. The van der Waals surface area contributed by atoms with Crippen LogP contribution >= 0.6 is 11.6 Å². The van der Waals surface area contributed by atoms with Gasteiger partial charge < -0.3 is 0 Å². The maximum absolute atomic E-state index is 12.1. The van der Waals surface area contributed by atoms with Crippen molar-refractivity contribution in [1.82, 2.24) is 15.8 Å². The Morgan fingerprint density at radius 1 is 1.08 bits per heavy atom. The number of amides is 2. The molecule has 2 aromatic rings. The van der Waals surface area contributed by atoms with Gasteiger partial charge in [-0.25, -0.2) is 0 Å². The Morgan fingerprint density at radius 2 is 1.76 bits per heavy atom. The molecule has 0 unspecified atom stereocenters. The summed E-state index contributed by atoms with van der Waals surface area (Å²) in [5.41, 5.74) is 6.07. The SMILES string of the molecule is CCCCC#Cc1cncc(C(=O)NNC(=O)c2ccc(Cl)cc2)c1. The Labute approximate surface area is 151 Å². The van der Waals surface area contributed by atoms with Crippen LogP contribution in [0.3, 0.4) is 0 Å². The largest absolute Gasteiger partial charge is 0.271 e. The summed E-state index contributed by atoms with van der Waals surface area (Å²) in [6.07, 6.45) is 5.95. The smallest absolute Gasteiger partial charge is 0.267 e. The first kappa shape index (κ1) is 18.5. The maximum Gasteiger partial charge on any atom is 0.271 e. The first-order chi connectivity index (χ1) is 12.1. The number of carbonyl (C=O) groups excluding carboxylic acids is 2. The molecule has 25 heavy (non-hydrogen) atoms. The molecule has 0 spiro atoms. The molecule has 1 aromatic heterocycles. The summed E-state index contributed by atoms with van der Waals surface area (Å²) in [4.78, 5) is 28.1. The van der Waals surface area contributed by atoms with Crippen molar-refractivity contribution in [3.63, 3.8) is 0 Å². The third kappa shape index (κ3) is 5.94. The van der Waals surface area contributed by atoms with E-state index in [-0.39, 0.29) is 0 Å². The third-order valence-electron chi connectivity index (χ3n) is 3.28. The number of nitrogens with one attached hydrogen (secondary N) is 2. The van der Waals surface area contributed by atoms with Gasteiger partial charge in [-0.15, -0.1) is 0 Å². The van der Waals surface area contributed by atoms with E-state index in [1.165, 1.54) is 6.20 Å². The van der Waals surface area contributed by atoms with E-state index in [4.69, 9.17) is 11.6 Å². The van der Waals surface area contributed by atoms with Crippen LogP contribution in [-0.4, -0.2) is 16.8 Å². The molecule has 2 N–H and O–H groups in total. The molecule has 128 valence electrons. The summed E-state index contributed by atoms with van der Waals surface area (Å²) >= 11 is 5.77. The molecule has 0 radical (unpaired) electrons. The third-order valence-corrected chi connectivity index (χ3v) is 3.54. The molecule has 1 aromatic carbocycles. The fourth-order valence-electron chi connectivity index (χ4n) is 1.92. The zero-order chi connectivity index (χ0) is 18.1. The van der Waals surface area contributed by atoms with Crippen molar-refractivity contribution in [2.75, 3.05) is 0 Å². The van der Waals surface area contributed by atoms with Gasteiger partial charge in [0.15, 0.2) is 0 Å². The molecule has 0 aliphatic rings. The van der Waals surface area contributed by atoms with Gasteiger partial charge in [0.25, 0.3) is 11.8 Å². The van der Waals surface area contributed by atoms with Crippen molar-refractivity contribution in [3.05, 3.63) is 64.4 Å². The molecule has 2 amide bonds. The zero-order valence-electron chi connectivity index (χ0n) is 13.8. The van der Waals surface area contributed by atoms with E-state index < -0.39 is 11.8 Å². The van der Waals surface area contributed by atoms with Gasteiger partial charge in [0.2, 0.25) is 0 Å². The molecule has 0 bridgehead atoms. The second-order valence-electron chi connectivity index (χ2n) is 5.28. The van der Waals surface area contributed by atoms with Gasteiger partial charge in [-0.1, -0.05) is 36.8 Å². The summed E-state index contributed by atoms with van der Waals surface area (Å²) in [5, 5.41) is 0.531. The second-order valence-corrected chi connectivity index (χ2v) is 5.72. The highest BCUT2D eigenvalue weighted by Crippen LogP contribution is 2.09. The van der Waals surface area contributed by atoms with Gasteiger partial charge in [0.05, 0.1) is 5.56 Å². The molecule has 6 heteroatoms. The Kier molecular flexibility index (Phi) is 7.00. The van der Waals surface area contributed by atoms with E-state index in [2.05, 4.69) is 34.6 Å². The first-order valence-corrected chi connectivity index (χ1v) is 8.28. The molecule has 1 heterocycles. The molecule has 0 fully saturated rings. The van der Waals surface area contributed by atoms with Crippen molar-refractivity contribution < 1.29 is 9.59 Å². The van der Waals surface area contributed by atoms with Gasteiger partial charge in [-0.2, -0.15) is 0 Å². The van der Waals surface area contributed by atoms with E-state index in [0.29, 0.717) is 21.7 Å². The fourth-order valence-corrected chi connectivity index (χ4v) is 2.05. The molecule has 0 saturated carbocycles. The lowest BCUT2D eigenvalue weighted by atomic mass is 10.2. The normalized spacial score (nSPS) is 9.68. The highest BCUT2D eigenvalue weighted by molar-refractivity contribution is 6.30. The van der Waals surface area contributed by atoms with E-state index in [1.54, 1.807) is 36.5 Å². The lowest BCUT2D eigenvalue weighted by Crippen LogP contribution is -2.41. The molecule has 0 saturated heterocycles. The number of rotatable bonds is 4. The van der Waals surface area contributed by atoms with Crippen molar-refractivity contribution in [1.29, 1.82) is 0 Å². The first-order valence-electron chi connectivity index (χ1n) is 7.90. The highest BCUT2D eigenvalue weighted by atomic mass is 35.5. The monoisotopic (exact) mass is 355 g/mol. The maximum atomic E-state index is 12.1. The summed E-state index contributed by atoms with van der Waals surface area (Å²) in [7, 11) is 0. The Hall–Kier alpha value is -2.84. The molecular formula is C19H18ClN3O2. The highest BCUT2D eigenvalue weighted by Gasteiger charge is 2.09. The van der Waals surface area contributed by atoms with E-state index in [1.807, 2.05) is 0 Å². The van der Waals surface area contributed by atoms with Gasteiger partial charge in [-0.3, -0.25) is 25.4 Å². The number of benzene rings is 1. The van der Waals surface area contributed by atoms with Crippen LogP contribution in [-0.2, 0) is 0 Å². The Balaban J connectivity index is 1.95. The molecule has 0 aliphatic heterocycles. The topological polar surface area (TPSA) is 71.1 Å². The van der Waals surface area contributed by atoms with E-state index in [0.717, 1.165) is 19.3 Å². The Bertz CT molecular complexity index is 807. The van der Waals surface area contributed by atoms with Crippen molar-refractivity contribution in [2.45, 2.75) is 26.2 Å². The van der Waals surface area contributed by atoms with Crippen LogP contribution in [0.15, 0.2) is 42.7 Å². The number of unbranched alkanes of at least 4 members (excludes halogenated alkanes) is 2. The van der Waals surface area contributed by atoms with E-state index >= 15 is 0 Å². The zero-order valence-corrected chi connectivity index (χ0v) is 14.6. The average molecular weight is 356 g/mol. The van der Waals surface area contributed by atoms with Crippen LogP contribution in [0.2, 0.25) is 5.02 Å².